The Bertz CT molecular complexity index is 366. The summed E-state index contributed by atoms with van der Waals surface area (Å²) >= 11 is 7.42. The lowest BCUT2D eigenvalue weighted by Gasteiger charge is -2.22. The molecule has 0 aliphatic rings. The lowest BCUT2D eigenvalue weighted by atomic mass is 9.92. The molecule has 0 bridgehead atoms. The number of hydrogen-bond donors (Lipinski definition) is 0. The molecule has 1 aromatic carbocycles. The van der Waals surface area contributed by atoms with E-state index in [0.29, 0.717) is 10.7 Å². The van der Waals surface area contributed by atoms with Crippen LogP contribution in [0.5, 0.6) is 5.75 Å². The van der Waals surface area contributed by atoms with Crippen molar-refractivity contribution in [3.63, 3.8) is 0 Å². The molecule has 1 aromatic rings. The highest BCUT2D eigenvalue weighted by molar-refractivity contribution is 9.10. The van der Waals surface area contributed by atoms with Gasteiger partial charge in [0.05, 0.1) is 11.6 Å². The van der Waals surface area contributed by atoms with Crippen LogP contribution in [-0.2, 0) is 0 Å². The number of benzene rings is 1. The zero-order valence-corrected chi connectivity index (χ0v) is 14.6. The first-order valence-corrected chi connectivity index (χ1v) is 8.32. The van der Waals surface area contributed by atoms with Crippen molar-refractivity contribution < 1.29 is 4.74 Å². The first kappa shape index (κ1) is 16.0. The maximum absolute atomic E-state index is 5.27. The van der Waals surface area contributed by atoms with Crippen molar-refractivity contribution in [2.24, 2.45) is 5.92 Å². The lowest BCUT2D eigenvalue weighted by molar-refractivity contribution is 0.411. The topological polar surface area (TPSA) is 9.23 Å². The first-order chi connectivity index (χ1) is 8.63. The Labute approximate surface area is 128 Å². The third kappa shape index (κ3) is 4.27. The van der Waals surface area contributed by atoms with Gasteiger partial charge >= 0.3 is 0 Å². The quantitative estimate of drug-likeness (QED) is 0.520. The van der Waals surface area contributed by atoms with Crippen LogP contribution in [0.1, 0.15) is 49.9 Å². The van der Waals surface area contributed by atoms with E-state index in [1.54, 1.807) is 7.11 Å². The van der Waals surface area contributed by atoms with Crippen LogP contribution in [-0.4, -0.2) is 7.11 Å². The number of hydrogen-bond acceptors (Lipinski definition) is 1. The van der Waals surface area contributed by atoms with E-state index in [4.69, 9.17) is 4.74 Å². The lowest BCUT2D eigenvalue weighted by Crippen LogP contribution is -2.07. The summed E-state index contributed by atoms with van der Waals surface area (Å²) in [4.78, 5) is 0.427. The number of alkyl halides is 1. The molecule has 0 saturated heterocycles. The van der Waals surface area contributed by atoms with Crippen LogP contribution in [0.2, 0.25) is 0 Å². The van der Waals surface area contributed by atoms with E-state index in [0.717, 1.165) is 10.2 Å². The van der Waals surface area contributed by atoms with Gasteiger partial charge in [0.15, 0.2) is 0 Å². The van der Waals surface area contributed by atoms with Gasteiger partial charge in [0.1, 0.15) is 5.75 Å². The molecule has 0 amide bonds. The molecule has 0 fully saturated rings. The third-order valence-corrected chi connectivity index (χ3v) is 5.26. The Morgan fingerprint density at radius 2 is 2.00 bits per heavy atom. The smallest absolute Gasteiger partial charge is 0.133 e. The number of rotatable bonds is 7. The van der Waals surface area contributed by atoms with Crippen LogP contribution in [0, 0.1) is 5.92 Å². The monoisotopic (exact) mass is 376 g/mol. The first-order valence-electron chi connectivity index (χ1n) is 6.61. The van der Waals surface area contributed by atoms with Crippen molar-refractivity contribution in [1.82, 2.24) is 0 Å². The summed E-state index contributed by atoms with van der Waals surface area (Å²) in [5.41, 5.74) is 1.32. The fourth-order valence-electron chi connectivity index (χ4n) is 2.15. The molecule has 0 spiro atoms. The molecule has 0 aliphatic heterocycles. The molecular formula is C15H22Br2O. The van der Waals surface area contributed by atoms with Crippen molar-refractivity contribution in [3.8, 4) is 5.75 Å². The number of methoxy groups -OCH3 is 1. The van der Waals surface area contributed by atoms with E-state index >= 15 is 0 Å². The van der Waals surface area contributed by atoms with Gasteiger partial charge in [0, 0.05) is 4.83 Å². The Morgan fingerprint density at radius 3 is 2.50 bits per heavy atom. The molecule has 0 saturated carbocycles. The predicted molar refractivity (Wildman–Crippen MR) is 85.7 cm³/mol. The molecule has 0 N–H and O–H groups in total. The highest BCUT2D eigenvalue weighted by Gasteiger charge is 2.19. The van der Waals surface area contributed by atoms with Gasteiger partial charge in [-0.15, -0.1) is 0 Å². The maximum atomic E-state index is 5.27. The van der Waals surface area contributed by atoms with E-state index < -0.39 is 0 Å². The predicted octanol–water partition coefficient (Wildman–Crippen LogP) is 6.11. The largest absolute Gasteiger partial charge is 0.496 e. The maximum Gasteiger partial charge on any atom is 0.133 e. The Morgan fingerprint density at radius 1 is 1.28 bits per heavy atom. The van der Waals surface area contributed by atoms with Gasteiger partial charge in [-0.1, -0.05) is 55.1 Å². The SMILES string of the molecule is CCCCC(CC)C(Br)c1ccc(OC)c(Br)c1. The Kier molecular flexibility index (Phi) is 7.31. The van der Waals surface area contributed by atoms with Crippen LogP contribution in [0.3, 0.4) is 0 Å². The number of unbranched alkanes of at least 4 members (excludes halogenated alkanes) is 1. The minimum atomic E-state index is 0.427. The normalized spacial score (nSPS) is 14.3. The van der Waals surface area contributed by atoms with Gasteiger partial charge in [-0.05, 0) is 46.0 Å². The summed E-state index contributed by atoms with van der Waals surface area (Å²) in [7, 11) is 1.70. The summed E-state index contributed by atoms with van der Waals surface area (Å²) in [5, 5.41) is 0. The minimum absolute atomic E-state index is 0.427. The molecule has 0 aliphatic carbocycles. The highest BCUT2D eigenvalue weighted by atomic mass is 79.9. The van der Waals surface area contributed by atoms with E-state index in [-0.39, 0.29) is 0 Å². The van der Waals surface area contributed by atoms with Gasteiger partial charge in [-0.3, -0.25) is 0 Å². The van der Waals surface area contributed by atoms with E-state index in [9.17, 15) is 0 Å². The molecule has 2 unspecified atom stereocenters. The fourth-order valence-corrected chi connectivity index (χ4v) is 3.63. The third-order valence-electron chi connectivity index (χ3n) is 3.36. The van der Waals surface area contributed by atoms with E-state index in [1.807, 2.05) is 6.07 Å². The van der Waals surface area contributed by atoms with Crippen molar-refractivity contribution in [2.45, 2.75) is 44.4 Å². The fraction of sp³-hybridized carbons (Fsp3) is 0.600. The summed E-state index contributed by atoms with van der Waals surface area (Å²) in [6, 6.07) is 6.34. The standard InChI is InChI=1S/C15H22Br2O/c1-4-6-7-11(5-2)15(17)12-8-9-14(18-3)13(16)10-12/h8-11,15H,4-7H2,1-3H3. The number of ether oxygens (including phenoxy) is 1. The molecule has 102 valence electrons. The molecule has 1 nitrogen and oxygen atoms in total. The molecule has 2 atom stereocenters. The number of halogens is 2. The van der Waals surface area contributed by atoms with Crippen molar-refractivity contribution in [1.29, 1.82) is 0 Å². The molecule has 0 heterocycles. The van der Waals surface area contributed by atoms with Crippen molar-refractivity contribution in [2.75, 3.05) is 7.11 Å². The molecular weight excluding hydrogens is 356 g/mol. The molecule has 18 heavy (non-hydrogen) atoms. The second kappa shape index (κ2) is 8.21. The zero-order valence-electron chi connectivity index (χ0n) is 11.4. The van der Waals surface area contributed by atoms with Crippen LogP contribution in [0.15, 0.2) is 22.7 Å². The van der Waals surface area contributed by atoms with Crippen LogP contribution >= 0.6 is 31.9 Å². The highest BCUT2D eigenvalue weighted by Crippen LogP contribution is 2.38. The van der Waals surface area contributed by atoms with Gasteiger partial charge in [0.2, 0.25) is 0 Å². The van der Waals surface area contributed by atoms with Crippen LogP contribution in [0.4, 0.5) is 0 Å². The molecule has 1 rings (SSSR count). The zero-order chi connectivity index (χ0) is 13.5. The van der Waals surface area contributed by atoms with Gasteiger partial charge < -0.3 is 4.74 Å². The van der Waals surface area contributed by atoms with Crippen molar-refractivity contribution in [3.05, 3.63) is 28.2 Å². The average Bonchev–Trinajstić information content (AvgIpc) is 2.39. The van der Waals surface area contributed by atoms with Crippen molar-refractivity contribution >= 4 is 31.9 Å². The summed E-state index contributed by atoms with van der Waals surface area (Å²) < 4.78 is 6.29. The molecule has 0 radical (unpaired) electrons. The Hall–Kier alpha value is -0.0200. The van der Waals surface area contributed by atoms with Gasteiger partial charge in [0.25, 0.3) is 0 Å². The second-order valence-electron chi connectivity index (χ2n) is 4.61. The van der Waals surface area contributed by atoms with Gasteiger partial charge in [-0.25, -0.2) is 0 Å². The average molecular weight is 378 g/mol. The summed E-state index contributed by atoms with van der Waals surface area (Å²) in [5.74, 6) is 1.59. The van der Waals surface area contributed by atoms with Crippen LogP contribution < -0.4 is 4.74 Å². The van der Waals surface area contributed by atoms with Crippen LogP contribution in [0.25, 0.3) is 0 Å². The second-order valence-corrected chi connectivity index (χ2v) is 6.45. The molecule has 0 aromatic heterocycles. The van der Waals surface area contributed by atoms with Gasteiger partial charge in [-0.2, -0.15) is 0 Å². The summed E-state index contributed by atoms with van der Waals surface area (Å²) in [6.45, 7) is 4.52. The molecule has 3 heteroatoms. The minimum Gasteiger partial charge on any atom is -0.496 e. The Balaban J connectivity index is 2.81. The van der Waals surface area contributed by atoms with E-state index in [1.165, 1.54) is 31.2 Å². The summed E-state index contributed by atoms with van der Waals surface area (Å²) in [6.07, 6.45) is 5.06. The van der Waals surface area contributed by atoms with E-state index in [2.05, 4.69) is 57.8 Å².